The van der Waals surface area contributed by atoms with Crippen molar-refractivity contribution in [3.63, 3.8) is 0 Å². The minimum absolute atomic E-state index is 0.470. The predicted molar refractivity (Wildman–Crippen MR) is 79.0 cm³/mol. The zero-order valence-electron chi connectivity index (χ0n) is 14.3. The molecular formula is C14H25O7Sn-. The molecule has 0 aromatic heterocycles. The molecule has 22 heavy (non-hydrogen) atoms. The number of carbonyl (C=O) groups excluding carboxylic acids is 3. The molecule has 1 saturated heterocycles. The summed E-state index contributed by atoms with van der Waals surface area (Å²) >= 11 is -2.55. The van der Waals surface area contributed by atoms with Gasteiger partial charge in [-0.05, 0) is 6.92 Å². The fourth-order valence-electron chi connectivity index (χ4n) is 2.42. The van der Waals surface area contributed by atoms with Crippen LogP contribution in [0.5, 0.6) is 0 Å². The molecule has 0 bridgehead atoms. The Hall–Kier alpha value is -0.831. The maximum absolute atomic E-state index is 11.3. The second kappa shape index (κ2) is 7.63. The molecule has 0 aromatic carbocycles. The van der Waals surface area contributed by atoms with Crippen LogP contribution in [0.4, 0.5) is 0 Å². The van der Waals surface area contributed by atoms with Gasteiger partial charge in [-0.25, -0.2) is 0 Å². The van der Waals surface area contributed by atoms with Gasteiger partial charge in [0.15, 0.2) is 0 Å². The van der Waals surface area contributed by atoms with Crippen LogP contribution in [0.3, 0.4) is 0 Å². The van der Waals surface area contributed by atoms with Crippen molar-refractivity contribution in [2.24, 2.45) is 0 Å². The SMILES string of the molecule is CC(=O)OC1(OC(C)=O)C[CH2][Sn]([CH3])([CH3])[O]C1(C)C.CC(=O)[O-]. The second-order valence-corrected chi connectivity index (χ2v) is 18.4. The third kappa shape index (κ3) is 6.51. The summed E-state index contributed by atoms with van der Waals surface area (Å²) in [7, 11) is 0. The molecule has 7 nitrogen and oxygen atoms in total. The summed E-state index contributed by atoms with van der Waals surface area (Å²) in [5, 5.41) is 8.89. The molecule has 0 aliphatic carbocycles. The van der Waals surface area contributed by atoms with Crippen molar-refractivity contribution in [1.82, 2.24) is 0 Å². The Labute approximate surface area is 135 Å². The molecule has 8 heteroatoms. The van der Waals surface area contributed by atoms with E-state index in [1.165, 1.54) is 13.8 Å². The van der Waals surface area contributed by atoms with Crippen LogP contribution in [0.2, 0.25) is 14.3 Å². The number of aliphatic carboxylic acids is 1. The van der Waals surface area contributed by atoms with Crippen LogP contribution in [-0.4, -0.2) is 48.1 Å². The maximum atomic E-state index is 11.3. The summed E-state index contributed by atoms with van der Waals surface area (Å²) in [6.45, 7) is 7.22. The molecular weight excluding hydrogens is 399 g/mol. The van der Waals surface area contributed by atoms with E-state index in [1.807, 2.05) is 13.8 Å². The van der Waals surface area contributed by atoms with E-state index in [4.69, 9.17) is 22.4 Å². The fourth-order valence-corrected chi connectivity index (χ4v) is 9.75. The first-order valence-corrected chi connectivity index (χ1v) is 15.9. The molecule has 1 heterocycles. The van der Waals surface area contributed by atoms with Gasteiger partial charge in [0.05, 0.1) is 0 Å². The van der Waals surface area contributed by atoms with Crippen LogP contribution in [0.15, 0.2) is 0 Å². The van der Waals surface area contributed by atoms with E-state index >= 15 is 0 Å². The van der Waals surface area contributed by atoms with Gasteiger partial charge in [0.25, 0.3) is 0 Å². The predicted octanol–water partition coefficient (Wildman–Crippen LogP) is 0.969. The van der Waals surface area contributed by atoms with Crippen molar-refractivity contribution >= 4 is 36.7 Å². The van der Waals surface area contributed by atoms with Gasteiger partial charge in [0.1, 0.15) is 0 Å². The van der Waals surface area contributed by atoms with Crippen molar-refractivity contribution in [3.05, 3.63) is 0 Å². The van der Waals surface area contributed by atoms with Gasteiger partial charge in [-0.2, -0.15) is 0 Å². The van der Waals surface area contributed by atoms with Gasteiger partial charge in [-0.1, -0.05) is 0 Å². The third-order valence-corrected chi connectivity index (χ3v) is 10.3. The minimum atomic E-state index is -2.55. The molecule has 1 rings (SSSR count). The average Bonchev–Trinajstić information content (AvgIpc) is 2.20. The Morgan fingerprint density at radius 3 is 1.68 bits per heavy atom. The zero-order valence-corrected chi connectivity index (χ0v) is 17.1. The van der Waals surface area contributed by atoms with Crippen molar-refractivity contribution in [2.75, 3.05) is 0 Å². The van der Waals surface area contributed by atoms with Crippen LogP contribution >= 0.6 is 0 Å². The van der Waals surface area contributed by atoms with E-state index in [0.717, 1.165) is 11.4 Å². The largest absolute Gasteiger partial charge is 0.550 e. The molecule has 1 fully saturated rings. The van der Waals surface area contributed by atoms with E-state index in [9.17, 15) is 9.59 Å². The molecule has 0 saturated carbocycles. The number of esters is 2. The molecule has 0 spiro atoms. The van der Waals surface area contributed by atoms with Gasteiger partial charge in [0.2, 0.25) is 0 Å². The Morgan fingerprint density at radius 2 is 1.41 bits per heavy atom. The summed E-state index contributed by atoms with van der Waals surface area (Å²) in [6, 6.07) is 0. The molecule has 128 valence electrons. The number of carboxylic acid groups (broad SMARTS) is 1. The van der Waals surface area contributed by atoms with Crippen molar-refractivity contribution in [2.45, 2.75) is 66.7 Å². The van der Waals surface area contributed by atoms with Crippen LogP contribution in [0, 0.1) is 0 Å². The number of carbonyl (C=O) groups is 3. The van der Waals surface area contributed by atoms with Crippen molar-refractivity contribution in [1.29, 1.82) is 0 Å². The molecule has 0 atom stereocenters. The molecule has 0 radical (unpaired) electrons. The summed E-state index contributed by atoms with van der Waals surface area (Å²) in [6.07, 6.45) is 0.516. The molecule has 0 aromatic rings. The summed E-state index contributed by atoms with van der Waals surface area (Å²) in [5.74, 6) is -3.32. The van der Waals surface area contributed by atoms with Gasteiger partial charge in [-0.15, -0.1) is 0 Å². The minimum Gasteiger partial charge on any atom is -0.550 e. The van der Waals surface area contributed by atoms with E-state index < -0.39 is 48.1 Å². The van der Waals surface area contributed by atoms with E-state index in [-0.39, 0.29) is 0 Å². The molecule has 0 amide bonds. The number of ether oxygens (including phenoxy) is 2. The summed E-state index contributed by atoms with van der Waals surface area (Å²) in [5.41, 5.74) is -0.803. The first-order chi connectivity index (χ1) is 9.73. The number of rotatable bonds is 2. The molecule has 1 aliphatic heterocycles. The zero-order chi connectivity index (χ0) is 17.8. The first kappa shape index (κ1) is 21.2. The average molecular weight is 424 g/mol. The monoisotopic (exact) mass is 425 g/mol. The Bertz CT molecular complexity index is 422. The topological polar surface area (TPSA) is 102 Å². The third-order valence-electron chi connectivity index (χ3n) is 3.12. The Morgan fingerprint density at radius 1 is 1.05 bits per heavy atom. The quantitative estimate of drug-likeness (QED) is 0.370. The standard InChI is InChI=1S/C10H16O5.C2H4O2.2CH3.Sn/c1-6-10(9(4,5)13,14-7(2)11)15-8(3)12;1-2(3)4;;;/h1,6H2,2-5H3;1H3,(H,3,4);2*1H3;/q-1;;;;+1/p-1. The van der Waals surface area contributed by atoms with Gasteiger partial charge in [0, 0.05) is 5.97 Å². The van der Waals surface area contributed by atoms with E-state index in [2.05, 4.69) is 9.88 Å². The van der Waals surface area contributed by atoms with Crippen molar-refractivity contribution < 1.29 is 32.0 Å². The fraction of sp³-hybridized carbons (Fsp3) is 0.786. The second-order valence-electron chi connectivity index (χ2n) is 6.30. The number of hydrogen-bond donors (Lipinski definition) is 0. The van der Waals surface area contributed by atoms with E-state index in [1.54, 1.807) is 0 Å². The normalized spacial score (nSPS) is 20.9. The number of hydrogen-bond acceptors (Lipinski definition) is 7. The van der Waals surface area contributed by atoms with Crippen LogP contribution in [0.25, 0.3) is 0 Å². The van der Waals surface area contributed by atoms with Crippen LogP contribution in [-0.2, 0) is 26.9 Å². The van der Waals surface area contributed by atoms with Gasteiger partial charge in [-0.3, -0.25) is 0 Å². The number of carboxylic acids is 1. The van der Waals surface area contributed by atoms with Crippen LogP contribution in [0.1, 0.15) is 41.0 Å². The molecule has 1 aliphatic rings. The van der Waals surface area contributed by atoms with Crippen molar-refractivity contribution in [3.8, 4) is 0 Å². The molecule has 0 unspecified atom stereocenters. The Balaban J connectivity index is 0.000000980. The van der Waals surface area contributed by atoms with Crippen LogP contribution < -0.4 is 5.11 Å². The Kier molecular flexibility index (Phi) is 7.34. The van der Waals surface area contributed by atoms with Gasteiger partial charge >= 0.3 is 113 Å². The van der Waals surface area contributed by atoms with E-state index in [0.29, 0.717) is 6.42 Å². The first-order valence-electron chi connectivity index (χ1n) is 7.00. The smallest absolute Gasteiger partial charge is 0.0383 e. The molecule has 0 N–H and O–H groups in total. The maximum Gasteiger partial charge on any atom is 0.0383 e. The van der Waals surface area contributed by atoms with Gasteiger partial charge < -0.3 is 9.90 Å². The summed E-state index contributed by atoms with van der Waals surface area (Å²) < 4.78 is 17.6. The summed E-state index contributed by atoms with van der Waals surface area (Å²) in [4.78, 5) is 35.8.